The van der Waals surface area contributed by atoms with Crippen molar-refractivity contribution in [1.29, 1.82) is 0 Å². The molecule has 2 unspecified atom stereocenters. The molecule has 0 amide bonds. The fourth-order valence-electron chi connectivity index (χ4n) is 4.11. The maximum atomic E-state index is 5.60. The van der Waals surface area contributed by atoms with Crippen molar-refractivity contribution in [2.24, 2.45) is 5.41 Å². The van der Waals surface area contributed by atoms with Gasteiger partial charge in [0.05, 0.1) is 24.1 Å². The number of anilines is 2. The molecule has 0 spiro atoms. The van der Waals surface area contributed by atoms with E-state index in [-0.39, 0.29) is 5.41 Å². The average Bonchev–Trinajstić information content (AvgIpc) is 3.15. The third-order valence-corrected chi connectivity index (χ3v) is 7.61. The normalized spacial score (nSPS) is 22.8. The Morgan fingerprint density at radius 3 is 2.56 bits per heavy atom. The molecule has 2 atom stereocenters. The van der Waals surface area contributed by atoms with Crippen molar-refractivity contribution in [2.75, 3.05) is 30.4 Å². The van der Waals surface area contributed by atoms with Crippen LogP contribution >= 0.6 is 11.9 Å². The Morgan fingerprint density at radius 2 is 1.89 bits per heavy atom. The monoisotopic (exact) mass is 380 g/mol. The SMILES string of the molecule is COc1cccc2c1CC1N2SC(C=Cc2ccc(N(C)C)cc2)C1(C)C. The fraction of sp³-hybridized carbons (Fsp3) is 0.391. The maximum absolute atomic E-state index is 5.60. The van der Waals surface area contributed by atoms with E-state index in [9.17, 15) is 0 Å². The molecule has 1 fully saturated rings. The minimum atomic E-state index is 0.189. The zero-order valence-corrected chi connectivity index (χ0v) is 17.6. The number of fused-ring (bicyclic) bond motifs is 3. The first kappa shape index (κ1) is 18.3. The summed E-state index contributed by atoms with van der Waals surface area (Å²) in [7, 11) is 5.91. The summed E-state index contributed by atoms with van der Waals surface area (Å²) < 4.78 is 8.11. The lowest BCUT2D eigenvalue weighted by Crippen LogP contribution is -2.36. The first-order valence-corrected chi connectivity index (χ1v) is 10.3. The molecule has 0 N–H and O–H groups in total. The van der Waals surface area contributed by atoms with Gasteiger partial charge in [0.25, 0.3) is 0 Å². The Morgan fingerprint density at radius 1 is 1.15 bits per heavy atom. The van der Waals surface area contributed by atoms with E-state index in [4.69, 9.17) is 4.74 Å². The van der Waals surface area contributed by atoms with Crippen LogP contribution in [0.2, 0.25) is 0 Å². The largest absolute Gasteiger partial charge is 0.496 e. The fourth-order valence-corrected chi connectivity index (χ4v) is 5.71. The Bertz CT molecular complexity index is 857. The van der Waals surface area contributed by atoms with Gasteiger partial charge < -0.3 is 13.9 Å². The van der Waals surface area contributed by atoms with Gasteiger partial charge in [0.1, 0.15) is 5.75 Å². The molecule has 0 saturated carbocycles. The number of nitrogens with zero attached hydrogens (tertiary/aromatic N) is 2. The third-order valence-electron chi connectivity index (χ3n) is 5.94. The van der Waals surface area contributed by atoms with Crippen molar-refractivity contribution in [3.05, 3.63) is 59.7 Å². The van der Waals surface area contributed by atoms with E-state index in [1.807, 2.05) is 11.9 Å². The molecule has 2 aliphatic rings. The molecular weight excluding hydrogens is 352 g/mol. The van der Waals surface area contributed by atoms with Crippen LogP contribution in [0.1, 0.15) is 25.0 Å². The summed E-state index contributed by atoms with van der Waals surface area (Å²) in [5, 5.41) is 0.454. The molecule has 3 nitrogen and oxygen atoms in total. The van der Waals surface area contributed by atoms with Gasteiger partial charge in [0, 0.05) is 37.2 Å². The standard InChI is InChI=1S/C23H28N2OS/c1-23(2)21-15-18-19(7-6-8-20(18)26-5)25(21)27-22(23)14-11-16-9-12-17(13-10-16)24(3)4/h6-14,21-22H,15H2,1-5H3. The molecule has 27 heavy (non-hydrogen) atoms. The van der Waals surface area contributed by atoms with E-state index in [1.54, 1.807) is 7.11 Å². The van der Waals surface area contributed by atoms with Crippen molar-refractivity contribution in [3.63, 3.8) is 0 Å². The molecule has 142 valence electrons. The average molecular weight is 381 g/mol. The van der Waals surface area contributed by atoms with Crippen LogP contribution in [0.15, 0.2) is 48.5 Å². The molecule has 2 heterocycles. The van der Waals surface area contributed by atoms with E-state index in [2.05, 4.69) is 91.8 Å². The highest BCUT2D eigenvalue weighted by Gasteiger charge is 2.51. The van der Waals surface area contributed by atoms with Gasteiger partial charge in [-0.25, -0.2) is 0 Å². The van der Waals surface area contributed by atoms with Crippen LogP contribution in [0.5, 0.6) is 5.75 Å². The van der Waals surface area contributed by atoms with Gasteiger partial charge in [-0.2, -0.15) is 0 Å². The molecule has 0 radical (unpaired) electrons. The van der Waals surface area contributed by atoms with Gasteiger partial charge in [-0.05, 0) is 41.8 Å². The van der Waals surface area contributed by atoms with Gasteiger partial charge in [-0.3, -0.25) is 0 Å². The molecule has 0 aromatic heterocycles. The van der Waals surface area contributed by atoms with Crippen LogP contribution in [0.4, 0.5) is 11.4 Å². The van der Waals surface area contributed by atoms with Crippen LogP contribution < -0.4 is 13.9 Å². The summed E-state index contributed by atoms with van der Waals surface area (Å²) in [5.41, 5.74) is 5.35. The van der Waals surface area contributed by atoms with Gasteiger partial charge >= 0.3 is 0 Å². The number of benzene rings is 2. The van der Waals surface area contributed by atoms with Crippen molar-refractivity contribution in [1.82, 2.24) is 0 Å². The molecule has 4 heteroatoms. The summed E-state index contributed by atoms with van der Waals surface area (Å²) in [6.07, 6.45) is 5.71. The smallest absolute Gasteiger partial charge is 0.124 e. The Hall–Kier alpha value is -2.07. The zero-order chi connectivity index (χ0) is 19.2. The lowest BCUT2D eigenvalue weighted by Gasteiger charge is -2.28. The Kier molecular flexibility index (Phi) is 4.63. The number of rotatable bonds is 4. The highest BCUT2D eigenvalue weighted by Crippen LogP contribution is 2.56. The van der Waals surface area contributed by atoms with Crippen molar-refractivity contribution < 1.29 is 4.74 Å². The third kappa shape index (κ3) is 3.10. The van der Waals surface area contributed by atoms with E-state index < -0.39 is 0 Å². The summed E-state index contributed by atoms with van der Waals surface area (Å²) in [5.74, 6) is 1.02. The predicted octanol–water partition coefficient (Wildman–Crippen LogP) is 5.26. The molecule has 2 aromatic carbocycles. The van der Waals surface area contributed by atoms with Crippen LogP contribution in [0, 0.1) is 5.41 Å². The molecule has 1 saturated heterocycles. The van der Waals surface area contributed by atoms with Crippen LogP contribution in [0.3, 0.4) is 0 Å². The molecule has 2 aliphatic heterocycles. The van der Waals surface area contributed by atoms with Crippen LogP contribution in [-0.2, 0) is 6.42 Å². The number of methoxy groups -OCH3 is 1. The van der Waals surface area contributed by atoms with Gasteiger partial charge in [0.15, 0.2) is 0 Å². The van der Waals surface area contributed by atoms with Crippen LogP contribution in [-0.4, -0.2) is 32.5 Å². The first-order chi connectivity index (χ1) is 12.9. The second-order valence-electron chi connectivity index (χ2n) is 8.20. The van der Waals surface area contributed by atoms with Crippen LogP contribution in [0.25, 0.3) is 6.08 Å². The summed E-state index contributed by atoms with van der Waals surface area (Å²) in [6, 6.07) is 15.6. The van der Waals surface area contributed by atoms with Crippen molar-refractivity contribution in [3.8, 4) is 5.75 Å². The number of hydrogen-bond acceptors (Lipinski definition) is 4. The summed E-state index contributed by atoms with van der Waals surface area (Å²) in [6.45, 7) is 4.79. The van der Waals surface area contributed by atoms with Crippen molar-refractivity contribution in [2.45, 2.75) is 31.6 Å². The maximum Gasteiger partial charge on any atom is 0.124 e. The van der Waals surface area contributed by atoms with E-state index in [0.29, 0.717) is 11.3 Å². The summed E-state index contributed by atoms with van der Waals surface area (Å²) in [4.78, 5) is 2.13. The van der Waals surface area contributed by atoms with E-state index in [1.165, 1.54) is 22.5 Å². The van der Waals surface area contributed by atoms with E-state index >= 15 is 0 Å². The molecule has 4 rings (SSSR count). The van der Waals surface area contributed by atoms with Gasteiger partial charge in [-0.1, -0.05) is 44.2 Å². The first-order valence-electron chi connectivity index (χ1n) is 9.49. The second kappa shape index (κ2) is 6.83. The predicted molar refractivity (Wildman–Crippen MR) is 118 cm³/mol. The van der Waals surface area contributed by atoms with Gasteiger partial charge in [-0.15, -0.1) is 0 Å². The Labute approximate surface area is 167 Å². The minimum Gasteiger partial charge on any atom is -0.496 e. The highest BCUT2D eigenvalue weighted by atomic mass is 32.2. The number of ether oxygens (including phenoxy) is 1. The second-order valence-corrected chi connectivity index (χ2v) is 9.31. The molecule has 2 aromatic rings. The molecular formula is C23H28N2OS. The molecule has 0 bridgehead atoms. The van der Waals surface area contributed by atoms with Crippen molar-refractivity contribution >= 4 is 29.4 Å². The Balaban J connectivity index is 1.56. The van der Waals surface area contributed by atoms with E-state index in [0.717, 1.165) is 12.2 Å². The van der Waals surface area contributed by atoms with Gasteiger partial charge in [0.2, 0.25) is 0 Å². The quantitative estimate of drug-likeness (QED) is 0.672. The lowest BCUT2D eigenvalue weighted by molar-refractivity contribution is 0.327. The number of hydrogen-bond donors (Lipinski definition) is 0. The molecule has 0 aliphatic carbocycles. The zero-order valence-electron chi connectivity index (χ0n) is 16.8. The highest BCUT2D eigenvalue weighted by molar-refractivity contribution is 8.01. The summed E-state index contributed by atoms with van der Waals surface area (Å²) >= 11 is 1.96. The lowest BCUT2D eigenvalue weighted by atomic mass is 9.79. The minimum absolute atomic E-state index is 0.189. The topological polar surface area (TPSA) is 15.7 Å².